The van der Waals surface area contributed by atoms with E-state index >= 15 is 0 Å². The van der Waals surface area contributed by atoms with Crippen molar-refractivity contribution in [3.8, 4) is 11.5 Å². The zero-order valence-electron chi connectivity index (χ0n) is 17.1. The van der Waals surface area contributed by atoms with Crippen LogP contribution in [-0.4, -0.2) is 41.1 Å². The van der Waals surface area contributed by atoms with Crippen LogP contribution in [0.15, 0.2) is 42.5 Å². The second-order valence-electron chi connectivity index (χ2n) is 8.36. The Hall–Kier alpha value is -2.24. The second-order valence-corrected chi connectivity index (χ2v) is 8.77. The molecule has 0 aromatic heterocycles. The van der Waals surface area contributed by atoms with E-state index in [0.29, 0.717) is 22.1 Å². The molecule has 0 unspecified atom stereocenters. The summed E-state index contributed by atoms with van der Waals surface area (Å²) in [6, 6.07) is 13.0. The van der Waals surface area contributed by atoms with Gasteiger partial charge in [-0.15, -0.1) is 0 Å². The van der Waals surface area contributed by atoms with Crippen LogP contribution in [0.4, 0.5) is 0 Å². The molecule has 1 aliphatic heterocycles. The van der Waals surface area contributed by atoms with Crippen molar-refractivity contribution >= 4 is 17.5 Å². The SMILES string of the molecule is O=C(NC1CCCC1)c1ccc(OC2CCN(Cc3cccc(O)c3)CC2)c(Cl)c1. The van der Waals surface area contributed by atoms with Crippen LogP contribution in [0.25, 0.3) is 0 Å². The van der Waals surface area contributed by atoms with Crippen molar-refractivity contribution in [2.45, 2.75) is 57.2 Å². The largest absolute Gasteiger partial charge is 0.508 e. The van der Waals surface area contributed by atoms with Gasteiger partial charge in [0.1, 0.15) is 17.6 Å². The molecule has 1 amide bonds. The van der Waals surface area contributed by atoms with Crippen molar-refractivity contribution in [1.29, 1.82) is 0 Å². The molecule has 6 heteroatoms. The normalized spacial score (nSPS) is 18.4. The third kappa shape index (κ3) is 5.46. The van der Waals surface area contributed by atoms with Crippen molar-refractivity contribution in [2.75, 3.05) is 13.1 Å². The number of ether oxygens (including phenoxy) is 1. The van der Waals surface area contributed by atoms with Crippen molar-refractivity contribution in [3.05, 3.63) is 58.6 Å². The number of hydrogen-bond acceptors (Lipinski definition) is 4. The maximum atomic E-state index is 12.4. The second kappa shape index (κ2) is 9.71. The molecule has 2 aromatic carbocycles. The van der Waals surface area contributed by atoms with Crippen LogP contribution < -0.4 is 10.1 Å². The van der Waals surface area contributed by atoms with Crippen LogP contribution in [0, 0.1) is 0 Å². The van der Waals surface area contributed by atoms with Gasteiger partial charge in [-0.2, -0.15) is 0 Å². The van der Waals surface area contributed by atoms with Crippen LogP contribution in [0.5, 0.6) is 11.5 Å². The van der Waals surface area contributed by atoms with Crippen LogP contribution >= 0.6 is 11.6 Å². The molecular weight excluding hydrogens is 400 g/mol. The molecule has 2 N–H and O–H groups in total. The predicted octanol–water partition coefficient (Wildman–Crippen LogP) is 4.76. The minimum atomic E-state index is -0.0596. The molecule has 1 heterocycles. The van der Waals surface area contributed by atoms with Crippen molar-refractivity contribution < 1.29 is 14.6 Å². The molecule has 30 heavy (non-hydrogen) atoms. The lowest BCUT2D eigenvalue weighted by Gasteiger charge is -2.32. The van der Waals surface area contributed by atoms with E-state index in [2.05, 4.69) is 10.2 Å². The summed E-state index contributed by atoms with van der Waals surface area (Å²) in [4.78, 5) is 14.8. The van der Waals surface area contributed by atoms with E-state index in [9.17, 15) is 9.90 Å². The van der Waals surface area contributed by atoms with E-state index in [0.717, 1.165) is 50.9 Å². The van der Waals surface area contributed by atoms with Crippen molar-refractivity contribution in [3.63, 3.8) is 0 Å². The number of hydrogen-bond donors (Lipinski definition) is 2. The smallest absolute Gasteiger partial charge is 0.251 e. The lowest BCUT2D eigenvalue weighted by Crippen LogP contribution is -2.37. The number of amides is 1. The van der Waals surface area contributed by atoms with Gasteiger partial charge in [0.15, 0.2) is 0 Å². The first-order valence-corrected chi connectivity index (χ1v) is 11.2. The number of nitrogens with one attached hydrogen (secondary N) is 1. The lowest BCUT2D eigenvalue weighted by molar-refractivity contribution is 0.0936. The molecule has 1 saturated carbocycles. The first kappa shape index (κ1) is 21.0. The number of carbonyl (C=O) groups is 1. The van der Waals surface area contributed by atoms with E-state index in [4.69, 9.17) is 16.3 Å². The van der Waals surface area contributed by atoms with Crippen molar-refractivity contribution in [2.24, 2.45) is 0 Å². The van der Waals surface area contributed by atoms with Crippen molar-refractivity contribution in [1.82, 2.24) is 10.2 Å². The van der Waals surface area contributed by atoms with E-state index in [-0.39, 0.29) is 18.1 Å². The Labute approximate surface area is 183 Å². The minimum Gasteiger partial charge on any atom is -0.508 e. The van der Waals surface area contributed by atoms with Gasteiger partial charge in [0.2, 0.25) is 0 Å². The fraction of sp³-hybridized carbons (Fsp3) is 0.458. The first-order valence-electron chi connectivity index (χ1n) is 10.8. The molecule has 0 radical (unpaired) electrons. The molecule has 0 spiro atoms. The summed E-state index contributed by atoms with van der Waals surface area (Å²) < 4.78 is 6.14. The summed E-state index contributed by atoms with van der Waals surface area (Å²) in [7, 11) is 0. The van der Waals surface area contributed by atoms with Gasteiger partial charge in [-0.25, -0.2) is 0 Å². The van der Waals surface area contributed by atoms with Crippen LogP contribution in [0.1, 0.15) is 54.4 Å². The standard InChI is InChI=1S/C24H29ClN2O3/c25-22-15-18(24(29)26-19-5-1-2-6-19)8-9-23(22)30-21-10-12-27(13-11-21)16-17-4-3-7-20(28)14-17/h3-4,7-9,14-15,19,21,28H,1-2,5-6,10-13,16H2,(H,26,29). The van der Waals surface area contributed by atoms with E-state index < -0.39 is 0 Å². The maximum absolute atomic E-state index is 12.4. The van der Waals surface area contributed by atoms with Gasteiger partial charge in [-0.3, -0.25) is 9.69 Å². The highest BCUT2D eigenvalue weighted by Gasteiger charge is 2.22. The molecule has 2 fully saturated rings. The Balaban J connectivity index is 1.28. The molecule has 5 nitrogen and oxygen atoms in total. The van der Waals surface area contributed by atoms with E-state index in [1.165, 1.54) is 12.8 Å². The summed E-state index contributed by atoms with van der Waals surface area (Å²) in [5.74, 6) is 0.886. The molecular formula is C24H29ClN2O3. The summed E-state index contributed by atoms with van der Waals surface area (Å²) in [5.41, 5.74) is 1.70. The van der Waals surface area contributed by atoms with Gasteiger partial charge in [-0.05, 0) is 61.6 Å². The highest BCUT2D eigenvalue weighted by Crippen LogP contribution is 2.29. The molecule has 4 rings (SSSR count). The summed E-state index contributed by atoms with van der Waals surface area (Å²) in [6.07, 6.45) is 6.44. The molecule has 0 bridgehead atoms. The lowest BCUT2D eigenvalue weighted by atomic mass is 10.1. The zero-order chi connectivity index (χ0) is 20.9. The number of carbonyl (C=O) groups excluding carboxylic acids is 1. The number of rotatable bonds is 6. The zero-order valence-corrected chi connectivity index (χ0v) is 17.9. The average molecular weight is 429 g/mol. The molecule has 2 aliphatic rings. The number of benzene rings is 2. The fourth-order valence-electron chi connectivity index (χ4n) is 4.35. The molecule has 2 aromatic rings. The monoisotopic (exact) mass is 428 g/mol. The number of likely N-dealkylation sites (tertiary alicyclic amines) is 1. The molecule has 0 atom stereocenters. The molecule has 160 valence electrons. The highest BCUT2D eigenvalue weighted by molar-refractivity contribution is 6.32. The Bertz CT molecular complexity index is 875. The summed E-state index contributed by atoms with van der Waals surface area (Å²) in [6.45, 7) is 2.69. The number of phenols is 1. The predicted molar refractivity (Wildman–Crippen MR) is 118 cm³/mol. The topological polar surface area (TPSA) is 61.8 Å². The van der Waals surface area contributed by atoms with Gasteiger partial charge >= 0.3 is 0 Å². The molecule has 1 saturated heterocycles. The van der Waals surface area contributed by atoms with Crippen LogP contribution in [0.3, 0.4) is 0 Å². The van der Waals surface area contributed by atoms with Gasteiger partial charge < -0.3 is 15.2 Å². The Kier molecular flexibility index (Phi) is 6.80. The summed E-state index contributed by atoms with van der Waals surface area (Å²) in [5, 5.41) is 13.2. The van der Waals surface area contributed by atoms with Crippen LogP contribution in [0.2, 0.25) is 5.02 Å². The van der Waals surface area contributed by atoms with E-state index in [1.807, 2.05) is 24.3 Å². The van der Waals surface area contributed by atoms with Gasteiger partial charge in [-0.1, -0.05) is 36.6 Å². The van der Waals surface area contributed by atoms with Gasteiger partial charge in [0.05, 0.1) is 5.02 Å². The number of piperidine rings is 1. The Morgan fingerprint density at radius 2 is 1.87 bits per heavy atom. The number of halogens is 1. The Morgan fingerprint density at radius 3 is 2.57 bits per heavy atom. The van der Waals surface area contributed by atoms with Crippen LogP contribution in [-0.2, 0) is 6.54 Å². The maximum Gasteiger partial charge on any atom is 0.251 e. The highest BCUT2D eigenvalue weighted by atomic mass is 35.5. The summed E-state index contributed by atoms with van der Waals surface area (Å²) >= 11 is 6.42. The fourth-order valence-corrected chi connectivity index (χ4v) is 4.58. The number of nitrogens with zero attached hydrogens (tertiary/aromatic N) is 1. The number of aromatic hydroxyl groups is 1. The Morgan fingerprint density at radius 1 is 1.10 bits per heavy atom. The quantitative estimate of drug-likeness (QED) is 0.696. The average Bonchev–Trinajstić information content (AvgIpc) is 3.24. The van der Waals surface area contributed by atoms with Gasteiger partial charge in [0.25, 0.3) is 5.91 Å². The molecule has 1 aliphatic carbocycles. The van der Waals surface area contributed by atoms with E-state index in [1.54, 1.807) is 18.2 Å². The number of phenolic OH excluding ortho intramolecular Hbond substituents is 1. The first-order chi connectivity index (χ1) is 14.6. The van der Waals surface area contributed by atoms with Gasteiger partial charge in [0, 0.05) is 31.2 Å². The minimum absolute atomic E-state index is 0.0596. The third-order valence-corrected chi connectivity index (χ3v) is 6.32. The third-order valence-electron chi connectivity index (χ3n) is 6.03.